The first kappa shape index (κ1) is 14.4. The molecule has 1 unspecified atom stereocenters. The van der Waals surface area contributed by atoms with Crippen molar-refractivity contribution in [2.75, 3.05) is 12.1 Å². The number of benzene rings is 1. The van der Waals surface area contributed by atoms with E-state index in [0.717, 1.165) is 17.1 Å². The average molecular weight is 340 g/mol. The summed E-state index contributed by atoms with van der Waals surface area (Å²) in [6, 6.07) is 16.7. The Morgan fingerprint density at radius 1 is 1.00 bits per heavy atom. The van der Waals surface area contributed by atoms with E-state index >= 15 is 0 Å². The maximum absolute atomic E-state index is 5.55. The highest BCUT2D eigenvalue weighted by molar-refractivity contribution is 7.11. The zero-order valence-corrected chi connectivity index (χ0v) is 14.2. The molecule has 0 amide bonds. The van der Waals surface area contributed by atoms with Gasteiger partial charge in [0.1, 0.15) is 17.5 Å². The molecule has 0 bridgehead atoms. The topological polar surface area (TPSA) is 24.5 Å². The van der Waals surface area contributed by atoms with Crippen LogP contribution in [-0.2, 0) is 0 Å². The van der Waals surface area contributed by atoms with E-state index in [-0.39, 0.29) is 6.04 Å². The molecule has 0 spiro atoms. The zero-order valence-electron chi connectivity index (χ0n) is 12.6. The van der Waals surface area contributed by atoms with Crippen LogP contribution in [0, 0.1) is 0 Å². The van der Waals surface area contributed by atoms with Crippen molar-refractivity contribution < 1.29 is 4.74 Å². The van der Waals surface area contributed by atoms with E-state index < -0.39 is 0 Å². The summed E-state index contributed by atoms with van der Waals surface area (Å²) in [4.78, 5) is 2.54. The lowest BCUT2D eigenvalue weighted by molar-refractivity contribution is 0.413. The van der Waals surface area contributed by atoms with Crippen LogP contribution in [0.15, 0.2) is 65.4 Å². The van der Waals surface area contributed by atoms with Gasteiger partial charge in [-0.2, -0.15) is 0 Å². The Hall–Kier alpha value is -2.24. The molecule has 0 radical (unpaired) electrons. The van der Waals surface area contributed by atoms with Crippen molar-refractivity contribution in [2.24, 2.45) is 0 Å². The van der Waals surface area contributed by atoms with Crippen molar-refractivity contribution in [3.8, 4) is 5.75 Å². The van der Waals surface area contributed by atoms with Crippen LogP contribution in [0.1, 0.15) is 15.8 Å². The lowest BCUT2D eigenvalue weighted by Crippen LogP contribution is -2.33. The van der Waals surface area contributed by atoms with Crippen LogP contribution < -0.4 is 15.2 Å². The molecule has 3 aromatic rings. The lowest BCUT2D eigenvalue weighted by Gasteiger charge is -2.28. The second kappa shape index (κ2) is 6.10. The first-order valence-corrected chi connectivity index (χ1v) is 9.11. The molecule has 1 N–H and O–H groups in total. The highest BCUT2D eigenvalue weighted by Crippen LogP contribution is 2.40. The number of ether oxygens (including phenoxy) is 1. The Morgan fingerprint density at radius 2 is 1.83 bits per heavy atom. The molecule has 1 aromatic carbocycles. The van der Waals surface area contributed by atoms with Crippen LogP contribution >= 0.6 is 22.7 Å². The molecule has 1 atom stereocenters. The smallest absolute Gasteiger partial charge is 0.144 e. The zero-order chi connectivity index (χ0) is 15.6. The monoisotopic (exact) mass is 340 g/mol. The van der Waals surface area contributed by atoms with Crippen LogP contribution in [0.25, 0.3) is 5.70 Å². The number of para-hydroxylation sites is 2. The average Bonchev–Trinajstić information content (AvgIpc) is 3.34. The molecule has 1 aliphatic rings. The second-order valence-corrected chi connectivity index (χ2v) is 7.10. The van der Waals surface area contributed by atoms with Crippen LogP contribution in [0.2, 0.25) is 0 Å². The third-order valence-electron chi connectivity index (χ3n) is 3.81. The molecule has 116 valence electrons. The number of nitrogens with zero attached hydrogens (tertiary/aromatic N) is 1. The SMILES string of the molecule is COc1ccccc1N1NC(c2cccs2)=CC1c1cccs1. The van der Waals surface area contributed by atoms with Crippen LogP contribution in [0.5, 0.6) is 5.75 Å². The molecule has 0 saturated heterocycles. The number of rotatable bonds is 4. The Kier molecular flexibility index (Phi) is 3.81. The van der Waals surface area contributed by atoms with Crippen molar-refractivity contribution in [3.63, 3.8) is 0 Å². The minimum Gasteiger partial charge on any atom is -0.495 e. The Balaban J connectivity index is 1.77. The van der Waals surface area contributed by atoms with Crippen molar-refractivity contribution in [1.82, 2.24) is 5.43 Å². The highest BCUT2D eigenvalue weighted by atomic mass is 32.1. The summed E-state index contributed by atoms with van der Waals surface area (Å²) >= 11 is 3.51. The number of methoxy groups -OCH3 is 1. The molecule has 4 rings (SSSR count). The normalized spacial score (nSPS) is 17.0. The van der Waals surface area contributed by atoms with Crippen molar-refractivity contribution >= 4 is 34.1 Å². The molecule has 0 saturated carbocycles. The van der Waals surface area contributed by atoms with Crippen molar-refractivity contribution in [2.45, 2.75) is 6.04 Å². The molecular formula is C18H16N2OS2. The number of nitrogens with one attached hydrogen (secondary N) is 1. The highest BCUT2D eigenvalue weighted by Gasteiger charge is 2.29. The van der Waals surface area contributed by atoms with Gasteiger partial charge in [-0.05, 0) is 41.1 Å². The minimum atomic E-state index is 0.156. The van der Waals surface area contributed by atoms with Gasteiger partial charge in [-0.3, -0.25) is 10.4 Å². The van der Waals surface area contributed by atoms with Crippen LogP contribution in [-0.4, -0.2) is 7.11 Å². The molecule has 0 aliphatic carbocycles. The predicted octanol–water partition coefficient (Wildman–Crippen LogP) is 4.93. The van der Waals surface area contributed by atoms with Crippen molar-refractivity contribution in [1.29, 1.82) is 0 Å². The van der Waals surface area contributed by atoms with Crippen LogP contribution in [0.4, 0.5) is 5.69 Å². The van der Waals surface area contributed by atoms with E-state index in [9.17, 15) is 0 Å². The maximum Gasteiger partial charge on any atom is 0.144 e. The summed E-state index contributed by atoms with van der Waals surface area (Å²) in [5.41, 5.74) is 5.74. The summed E-state index contributed by atoms with van der Waals surface area (Å²) in [7, 11) is 1.71. The number of anilines is 1. The third kappa shape index (κ3) is 2.62. The first-order valence-electron chi connectivity index (χ1n) is 7.35. The summed E-state index contributed by atoms with van der Waals surface area (Å²) in [5.74, 6) is 0.863. The van der Waals surface area contributed by atoms with E-state index in [1.54, 1.807) is 29.8 Å². The largest absolute Gasteiger partial charge is 0.495 e. The minimum absolute atomic E-state index is 0.156. The Bertz CT molecular complexity index is 809. The fraction of sp³-hybridized carbons (Fsp3) is 0.111. The predicted molar refractivity (Wildman–Crippen MR) is 98.0 cm³/mol. The molecule has 1 aliphatic heterocycles. The quantitative estimate of drug-likeness (QED) is 0.729. The van der Waals surface area contributed by atoms with Gasteiger partial charge in [-0.1, -0.05) is 24.3 Å². The van der Waals surface area contributed by atoms with Crippen LogP contribution in [0.3, 0.4) is 0 Å². The molecule has 3 heterocycles. The van der Waals surface area contributed by atoms with E-state index in [2.05, 4.69) is 57.6 Å². The molecule has 2 aromatic heterocycles. The Morgan fingerprint density at radius 3 is 2.57 bits per heavy atom. The molecule has 3 nitrogen and oxygen atoms in total. The van der Waals surface area contributed by atoms with Gasteiger partial charge in [0.05, 0.1) is 17.7 Å². The van der Waals surface area contributed by atoms with Gasteiger partial charge in [-0.15, -0.1) is 22.7 Å². The third-order valence-corrected chi connectivity index (χ3v) is 5.66. The second-order valence-electron chi connectivity index (χ2n) is 5.17. The van der Waals surface area contributed by atoms with Gasteiger partial charge in [0, 0.05) is 4.88 Å². The standard InChI is InChI=1S/C18H16N2OS2/c1-21-16-7-3-2-6-14(16)20-15(18-9-5-11-23-18)12-13(19-20)17-8-4-10-22-17/h2-12,15,19H,1H3. The van der Waals surface area contributed by atoms with E-state index in [4.69, 9.17) is 4.74 Å². The molecule has 0 fully saturated rings. The fourth-order valence-corrected chi connectivity index (χ4v) is 4.23. The summed E-state index contributed by atoms with van der Waals surface area (Å²) < 4.78 is 5.55. The van der Waals surface area contributed by atoms with Gasteiger partial charge in [0.2, 0.25) is 0 Å². The number of thiophene rings is 2. The van der Waals surface area contributed by atoms with E-state index in [0.29, 0.717) is 0 Å². The summed E-state index contributed by atoms with van der Waals surface area (Å²) in [5, 5.41) is 6.40. The number of hydrazine groups is 1. The van der Waals surface area contributed by atoms with Gasteiger partial charge in [0.25, 0.3) is 0 Å². The van der Waals surface area contributed by atoms with Gasteiger partial charge >= 0.3 is 0 Å². The van der Waals surface area contributed by atoms with E-state index in [1.165, 1.54) is 9.75 Å². The molecular weight excluding hydrogens is 324 g/mol. The van der Waals surface area contributed by atoms with Gasteiger partial charge in [-0.25, -0.2) is 0 Å². The van der Waals surface area contributed by atoms with E-state index in [1.807, 2.05) is 18.2 Å². The van der Waals surface area contributed by atoms with Crippen molar-refractivity contribution in [3.05, 3.63) is 75.1 Å². The summed E-state index contributed by atoms with van der Waals surface area (Å²) in [6.45, 7) is 0. The van der Waals surface area contributed by atoms with Gasteiger partial charge in [0.15, 0.2) is 0 Å². The molecule has 5 heteroatoms. The number of hydrogen-bond donors (Lipinski definition) is 1. The fourth-order valence-electron chi connectivity index (χ4n) is 2.75. The van der Waals surface area contributed by atoms with Gasteiger partial charge < -0.3 is 4.74 Å². The first-order chi connectivity index (χ1) is 11.4. The number of hydrogen-bond acceptors (Lipinski definition) is 5. The Labute approximate surface area is 143 Å². The lowest BCUT2D eigenvalue weighted by atomic mass is 10.2. The summed E-state index contributed by atoms with van der Waals surface area (Å²) in [6.07, 6.45) is 2.28. The molecule has 23 heavy (non-hydrogen) atoms. The maximum atomic E-state index is 5.55.